The molecule has 4 rings (SSSR count). The monoisotopic (exact) mass is 506 g/mol. The topological polar surface area (TPSA) is 99.3 Å². The van der Waals surface area contributed by atoms with Crippen molar-refractivity contribution in [3.63, 3.8) is 0 Å². The van der Waals surface area contributed by atoms with Gasteiger partial charge in [0.05, 0.1) is 17.5 Å². The van der Waals surface area contributed by atoms with Gasteiger partial charge < -0.3 is 15.0 Å². The largest absolute Gasteiger partial charge is 0.383 e. The lowest BCUT2D eigenvalue weighted by atomic mass is 10.0. The van der Waals surface area contributed by atoms with E-state index in [1.165, 1.54) is 6.26 Å². The van der Waals surface area contributed by atoms with Crippen molar-refractivity contribution < 1.29 is 22.7 Å². The van der Waals surface area contributed by atoms with E-state index in [1.54, 1.807) is 19.2 Å². The van der Waals surface area contributed by atoms with Crippen molar-refractivity contribution in [2.24, 2.45) is 0 Å². The van der Waals surface area contributed by atoms with Gasteiger partial charge in [-0.1, -0.05) is 12.1 Å². The third kappa shape index (κ3) is 5.87. The van der Waals surface area contributed by atoms with Gasteiger partial charge in [-0.3, -0.25) is 19.4 Å². The average molecular weight is 507 g/mol. The van der Waals surface area contributed by atoms with Crippen LogP contribution in [0, 0.1) is 0 Å². The van der Waals surface area contributed by atoms with Crippen molar-refractivity contribution in [2.45, 2.75) is 67.7 Å². The molecule has 35 heavy (non-hydrogen) atoms. The van der Waals surface area contributed by atoms with E-state index in [-0.39, 0.29) is 36.0 Å². The second-order valence-corrected chi connectivity index (χ2v) is 12.1. The van der Waals surface area contributed by atoms with Crippen LogP contribution >= 0.6 is 0 Å². The molecule has 3 fully saturated rings. The summed E-state index contributed by atoms with van der Waals surface area (Å²) in [5, 5.41) is 3.12. The molecular formula is C25H38N4O5S. The van der Waals surface area contributed by atoms with E-state index in [0.29, 0.717) is 37.4 Å². The summed E-state index contributed by atoms with van der Waals surface area (Å²) in [4.78, 5) is 32.7. The molecule has 0 unspecified atom stereocenters. The van der Waals surface area contributed by atoms with Crippen LogP contribution < -0.4 is 5.32 Å². The fourth-order valence-electron chi connectivity index (χ4n) is 5.87. The Kier molecular flexibility index (Phi) is 8.15. The number of amides is 2. The lowest BCUT2D eigenvalue weighted by molar-refractivity contribution is -0.133. The molecule has 4 atom stereocenters. The zero-order valence-electron chi connectivity index (χ0n) is 21.0. The summed E-state index contributed by atoms with van der Waals surface area (Å²) >= 11 is 0. The summed E-state index contributed by atoms with van der Waals surface area (Å²) in [6.45, 7) is 3.30. The zero-order valence-corrected chi connectivity index (χ0v) is 21.8. The summed E-state index contributed by atoms with van der Waals surface area (Å²) in [7, 11) is 0.513. The molecule has 0 bridgehead atoms. The molecule has 3 aliphatic heterocycles. The van der Waals surface area contributed by atoms with Crippen LogP contribution in [0.3, 0.4) is 0 Å². The van der Waals surface area contributed by atoms with E-state index < -0.39 is 9.84 Å². The molecule has 10 heteroatoms. The standard InChI is InChI=1S/C25H38N4O5S/c1-27-19(8-11-23(30)29-13-4-5-20(29)17-34-2)15-26-25(31)24-22(27)12-14-28(24)16-18-6-9-21(10-7-18)35(3,32)33/h6-7,9-10,19-20,22,24H,4-5,8,11-17H2,1-3H3,(H,26,31)/t19-,20+,22+,24-/m0/s1. The van der Waals surface area contributed by atoms with E-state index in [1.807, 2.05) is 17.0 Å². The Morgan fingerprint density at radius 3 is 2.57 bits per heavy atom. The van der Waals surface area contributed by atoms with Gasteiger partial charge in [-0.25, -0.2) is 8.42 Å². The first-order valence-corrected chi connectivity index (χ1v) is 14.4. The highest BCUT2D eigenvalue weighted by Crippen LogP contribution is 2.29. The molecule has 0 aliphatic carbocycles. The molecule has 2 amide bonds. The van der Waals surface area contributed by atoms with Crippen LogP contribution in [0.15, 0.2) is 29.2 Å². The number of hydrogen-bond donors (Lipinski definition) is 1. The highest BCUT2D eigenvalue weighted by atomic mass is 32.2. The van der Waals surface area contributed by atoms with Gasteiger partial charge in [0.15, 0.2) is 9.84 Å². The van der Waals surface area contributed by atoms with Gasteiger partial charge in [-0.2, -0.15) is 0 Å². The predicted molar refractivity (Wildman–Crippen MR) is 133 cm³/mol. The number of likely N-dealkylation sites (tertiary alicyclic amines) is 2. The minimum atomic E-state index is -3.23. The fourth-order valence-corrected chi connectivity index (χ4v) is 6.50. The molecule has 0 radical (unpaired) electrons. The van der Waals surface area contributed by atoms with Crippen LogP contribution in [0.1, 0.15) is 37.7 Å². The SMILES string of the molecule is COC[C@H]1CCCN1C(=O)CC[C@H]1CNC(=O)[C@@H]2[C@@H](CCN2Cc2ccc(S(C)(=O)=O)cc2)N1C. The molecule has 0 spiro atoms. The van der Waals surface area contributed by atoms with Crippen LogP contribution in [-0.2, 0) is 30.7 Å². The van der Waals surface area contributed by atoms with Crippen molar-refractivity contribution in [3.05, 3.63) is 29.8 Å². The molecule has 3 aliphatic rings. The van der Waals surface area contributed by atoms with Crippen molar-refractivity contribution in [1.29, 1.82) is 0 Å². The Hall–Kier alpha value is -2.01. The molecule has 3 saturated heterocycles. The van der Waals surface area contributed by atoms with Crippen LogP contribution in [0.25, 0.3) is 0 Å². The molecule has 1 aromatic carbocycles. The van der Waals surface area contributed by atoms with Gasteiger partial charge in [0, 0.05) is 58.0 Å². The van der Waals surface area contributed by atoms with Crippen LogP contribution in [0.2, 0.25) is 0 Å². The van der Waals surface area contributed by atoms with Crippen molar-refractivity contribution in [3.8, 4) is 0 Å². The van der Waals surface area contributed by atoms with Gasteiger partial charge in [0.25, 0.3) is 0 Å². The predicted octanol–water partition coefficient (Wildman–Crippen LogP) is 0.881. The summed E-state index contributed by atoms with van der Waals surface area (Å²) in [6.07, 6.45) is 5.28. The average Bonchev–Trinajstić information content (AvgIpc) is 3.43. The second-order valence-electron chi connectivity index (χ2n) is 10.1. The van der Waals surface area contributed by atoms with Crippen LogP contribution in [0.5, 0.6) is 0 Å². The Morgan fingerprint density at radius 2 is 1.89 bits per heavy atom. The minimum Gasteiger partial charge on any atom is -0.383 e. The first kappa shape index (κ1) is 26.1. The minimum absolute atomic E-state index is 0.0284. The fraction of sp³-hybridized carbons (Fsp3) is 0.680. The number of benzene rings is 1. The zero-order chi connectivity index (χ0) is 25.2. The Morgan fingerprint density at radius 1 is 1.14 bits per heavy atom. The normalized spacial score (nSPS) is 28.1. The Labute approximate surface area is 208 Å². The van der Waals surface area contributed by atoms with E-state index in [9.17, 15) is 18.0 Å². The first-order valence-electron chi connectivity index (χ1n) is 12.5. The number of rotatable bonds is 8. The van der Waals surface area contributed by atoms with Gasteiger partial charge in [0.1, 0.15) is 6.04 Å². The summed E-state index contributed by atoms with van der Waals surface area (Å²) in [5.41, 5.74) is 0.983. The van der Waals surface area contributed by atoms with Gasteiger partial charge in [0.2, 0.25) is 11.8 Å². The Balaban J connectivity index is 1.37. The summed E-state index contributed by atoms with van der Waals surface area (Å²) in [6, 6.07) is 7.01. The second kappa shape index (κ2) is 10.9. The van der Waals surface area contributed by atoms with Gasteiger partial charge in [-0.15, -0.1) is 0 Å². The first-order chi connectivity index (χ1) is 16.7. The maximum Gasteiger partial charge on any atom is 0.239 e. The molecule has 9 nitrogen and oxygen atoms in total. The number of nitrogens with zero attached hydrogens (tertiary/aromatic N) is 3. The molecule has 3 heterocycles. The van der Waals surface area contributed by atoms with E-state index >= 15 is 0 Å². The van der Waals surface area contributed by atoms with Crippen molar-refractivity contribution >= 4 is 21.7 Å². The van der Waals surface area contributed by atoms with E-state index in [2.05, 4.69) is 22.2 Å². The third-order valence-electron chi connectivity index (χ3n) is 7.83. The van der Waals surface area contributed by atoms with Crippen LogP contribution in [-0.4, -0.2) is 106 Å². The molecule has 1 aromatic rings. The Bertz CT molecular complexity index is 1020. The summed E-state index contributed by atoms with van der Waals surface area (Å²) in [5.74, 6) is 0.205. The van der Waals surface area contributed by atoms with Gasteiger partial charge >= 0.3 is 0 Å². The quantitative estimate of drug-likeness (QED) is 0.559. The molecular weight excluding hydrogens is 468 g/mol. The van der Waals surface area contributed by atoms with Crippen molar-refractivity contribution in [2.75, 3.05) is 46.7 Å². The molecule has 0 aromatic heterocycles. The van der Waals surface area contributed by atoms with E-state index in [4.69, 9.17) is 4.74 Å². The summed E-state index contributed by atoms with van der Waals surface area (Å²) < 4.78 is 28.8. The van der Waals surface area contributed by atoms with E-state index in [0.717, 1.165) is 37.9 Å². The number of nitrogens with one attached hydrogen (secondary N) is 1. The maximum absolute atomic E-state index is 13.1. The lowest BCUT2D eigenvalue weighted by Crippen LogP contribution is -2.49. The molecule has 0 saturated carbocycles. The number of methoxy groups -OCH3 is 1. The number of fused-ring (bicyclic) bond motifs is 1. The lowest BCUT2D eigenvalue weighted by Gasteiger charge is -2.33. The maximum atomic E-state index is 13.1. The third-order valence-corrected chi connectivity index (χ3v) is 8.96. The number of ether oxygens (including phenoxy) is 1. The number of likely N-dealkylation sites (N-methyl/N-ethyl adjacent to an activating group) is 1. The highest BCUT2D eigenvalue weighted by Gasteiger charge is 2.45. The molecule has 1 N–H and O–H groups in total. The number of sulfone groups is 1. The molecule has 194 valence electrons. The number of carbonyl (C=O) groups excluding carboxylic acids is 2. The highest BCUT2D eigenvalue weighted by molar-refractivity contribution is 7.90. The van der Waals surface area contributed by atoms with Crippen molar-refractivity contribution in [1.82, 2.24) is 20.0 Å². The smallest absolute Gasteiger partial charge is 0.239 e. The number of hydrogen-bond acceptors (Lipinski definition) is 7. The van der Waals surface area contributed by atoms with Crippen LogP contribution in [0.4, 0.5) is 0 Å². The number of carbonyl (C=O) groups is 2. The van der Waals surface area contributed by atoms with Gasteiger partial charge in [-0.05, 0) is 50.4 Å².